The summed E-state index contributed by atoms with van der Waals surface area (Å²) in [6.07, 6.45) is 0. The van der Waals surface area contributed by atoms with E-state index < -0.39 is 29.7 Å². The molecule has 0 bridgehead atoms. The highest BCUT2D eigenvalue weighted by Crippen LogP contribution is 2.23. The lowest BCUT2D eigenvalue weighted by Crippen LogP contribution is -2.28. The zero-order valence-corrected chi connectivity index (χ0v) is 10.3. The van der Waals surface area contributed by atoms with Gasteiger partial charge in [0, 0.05) is 11.6 Å². The van der Waals surface area contributed by atoms with Gasteiger partial charge in [-0.05, 0) is 12.1 Å². The molecule has 0 saturated carbocycles. The highest BCUT2D eigenvalue weighted by atomic mass is 16.6. The Bertz CT molecular complexity index is 607. The number of primary amides is 3. The highest BCUT2D eigenvalue weighted by molar-refractivity contribution is 6.32. The van der Waals surface area contributed by atoms with Gasteiger partial charge in [-0.2, -0.15) is 0 Å². The van der Waals surface area contributed by atoms with Crippen LogP contribution in [-0.2, 0) is 19.2 Å². The second-order valence-corrected chi connectivity index (χ2v) is 3.56. The van der Waals surface area contributed by atoms with Crippen molar-refractivity contribution >= 4 is 29.7 Å². The van der Waals surface area contributed by atoms with Crippen molar-refractivity contribution in [2.45, 2.75) is 0 Å². The number of ether oxygens (including phenoxy) is 2. The summed E-state index contributed by atoms with van der Waals surface area (Å²) in [6.45, 7) is 0. The lowest BCUT2D eigenvalue weighted by atomic mass is 10.2. The van der Waals surface area contributed by atoms with E-state index in [2.05, 4.69) is 20.9 Å². The van der Waals surface area contributed by atoms with Crippen LogP contribution in [0, 0.1) is 0 Å². The second-order valence-electron chi connectivity index (χ2n) is 3.56. The van der Waals surface area contributed by atoms with Gasteiger partial charge in [0.15, 0.2) is 0 Å². The van der Waals surface area contributed by atoms with Crippen LogP contribution in [0.15, 0.2) is 18.2 Å². The van der Waals surface area contributed by atoms with E-state index in [0.717, 1.165) is 18.2 Å². The summed E-state index contributed by atoms with van der Waals surface area (Å²) in [4.78, 5) is 54.4. The van der Waals surface area contributed by atoms with Crippen molar-refractivity contribution in [1.82, 2.24) is 0 Å². The van der Waals surface area contributed by atoms with Gasteiger partial charge in [0.1, 0.15) is 11.5 Å². The maximum atomic E-state index is 11.1. The first-order valence-corrected chi connectivity index (χ1v) is 5.19. The third kappa shape index (κ3) is 4.31. The standard InChI is InChI=1S/C11H9N3O7/c12-7(15)4-1-5(20-10(18)8(13)16)3-6(2-4)21-11(19)9(14)17/h1-3H,(H2,12,15)(H2,13,16)(H2,14,17). The third-order valence-electron chi connectivity index (χ3n) is 1.99. The zero-order chi connectivity index (χ0) is 16.2. The number of esters is 2. The molecule has 0 fully saturated rings. The fourth-order valence-electron chi connectivity index (χ4n) is 1.15. The Hall–Kier alpha value is -3.43. The number of nitrogens with two attached hydrogens (primary N) is 3. The molecule has 0 radical (unpaired) electrons. The highest BCUT2D eigenvalue weighted by Gasteiger charge is 2.17. The molecule has 0 aromatic heterocycles. The number of rotatable bonds is 3. The molecular formula is C11H9N3O7. The molecule has 0 spiro atoms. The predicted molar refractivity (Wildman–Crippen MR) is 64.6 cm³/mol. The van der Waals surface area contributed by atoms with Crippen LogP contribution in [0.4, 0.5) is 0 Å². The minimum Gasteiger partial charge on any atom is -0.419 e. The molecule has 3 amide bonds. The van der Waals surface area contributed by atoms with Gasteiger partial charge >= 0.3 is 23.8 Å². The molecule has 110 valence electrons. The van der Waals surface area contributed by atoms with Crippen LogP contribution >= 0.6 is 0 Å². The molecule has 0 aliphatic heterocycles. The Morgan fingerprint density at radius 3 is 1.38 bits per heavy atom. The molecule has 0 atom stereocenters. The van der Waals surface area contributed by atoms with E-state index in [1.807, 2.05) is 0 Å². The van der Waals surface area contributed by atoms with Gasteiger partial charge in [-0.1, -0.05) is 0 Å². The summed E-state index contributed by atoms with van der Waals surface area (Å²) in [5.41, 5.74) is 14.2. The van der Waals surface area contributed by atoms with Crippen LogP contribution < -0.4 is 26.7 Å². The molecule has 0 aliphatic rings. The van der Waals surface area contributed by atoms with Crippen molar-refractivity contribution in [3.05, 3.63) is 23.8 Å². The van der Waals surface area contributed by atoms with Crippen molar-refractivity contribution in [1.29, 1.82) is 0 Å². The molecule has 21 heavy (non-hydrogen) atoms. The number of benzene rings is 1. The molecule has 0 heterocycles. The minimum atomic E-state index is -1.41. The molecule has 0 saturated heterocycles. The van der Waals surface area contributed by atoms with Crippen LogP contribution in [-0.4, -0.2) is 29.7 Å². The van der Waals surface area contributed by atoms with Crippen LogP contribution in [0.3, 0.4) is 0 Å². The normalized spacial score (nSPS) is 9.52. The average Bonchev–Trinajstić information content (AvgIpc) is 2.37. The predicted octanol–water partition coefficient (Wildman–Crippen LogP) is -2.43. The van der Waals surface area contributed by atoms with Crippen molar-refractivity contribution in [2.75, 3.05) is 0 Å². The van der Waals surface area contributed by atoms with Gasteiger partial charge in [0.2, 0.25) is 5.91 Å². The van der Waals surface area contributed by atoms with Gasteiger partial charge in [-0.3, -0.25) is 14.4 Å². The van der Waals surface area contributed by atoms with E-state index in [4.69, 9.17) is 5.73 Å². The number of carbonyl (C=O) groups is 5. The summed E-state index contributed by atoms with van der Waals surface area (Å²) in [5.74, 6) is -7.22. The zero-order valence-electron chi connectivity index (χ0n) is 10.3. The smallest absolute Gasteiger partial charge is 0.401 e. The van der Waals surface area contributed by atoms with Crippen LogP contribution in [0.25, 0.3) is 0 Å². The molecular weight excluding hydrogens is 286 g/mol. The molecule has 10 nitrogen and oxygen atoms in total. The molecule has 10 heteroatoms. The van der Waals surface area contributed by atoms with E-state index in [9.17, 15) is 24.0 Å². The lowest BCUT2D eigenvalue weighted by molar-refractivity contribution is -0.146. The maximum absolute atomic E-state index is 11.1. The topological polar surface area (TPSA) is 182 Å². The molecule has 6 N–H and O–H groups in total. The van der Waals surface area contributed by atoms with Gasteiger partial charge in [-0.15, -0.1) is 0 Å². The summed E-state index contributed by atoms with van der Waals surface area (Å²) in [5, 5.41) is 0. The average molecular weight is 295 g/mol. The Morgan fingerprint density at radius 1 is 0.714 bits per heavy atom. The third-order valence-corrected chi connectivity index (χ3v) is 1.99. The first-order valence-electron chi connectivity index (χ1n) is 5.19. The Balaban J connectivity index is 3.14. The SMILES string of the molecule is NC(=O)C(=O)Oc1cc(OC(=O)C(N)=O)cc(C(N)=O)c1. The van der Waals surface area contributed by atoms with Crippen molar-refractivity contribution in [2.24, 2.45) is 17.2 Å². The van der Waals surface area contributed by atoms with Crippen molar-refractivity contribution in [3.63, 3.8) is 0 Å². The number of carbonyl (C=O) groups excluding carboxylic acids is 5. The van der Waals surface area contributed by atoms with E-state index in [1.54, 1.807) is 0 Å². The first kappa shape index (κ1) is 15.6. The van der Waals surface area contributed by atoms with Crippen LogP contribution in [0.5, 0.6) is 11.5 Å². The Morgan fingerprint density at radius 2 is 1.10 bits per heavy atom. The summed E-state index contributed by atoms with van der Waals surface area (Å²) < 4.78 is 9.04. The van der Waals surface area contributed by atoms with Gasteiger partial charge < -0.3 is 26.7 Å². The van der Waals surface area contributed by atoms with Crippen molar-refractivity contribution in [3.8, 4) is 11.5 Å². The molecule has 1 aromatic rings. The Kier molecular flexibility index (Phi) is 4.57. The van der Waals surface area contributed by atoms with Gasteiger partial charge in [0.05, 0.1) is 0 Å². The number of hydrogen-bond acceptors (Lipinski definition) is 7. The van der Waals surface area contributed by atoms with Crippen molar-refractivity contribution < 1.29 is 33.4 Å². The van der Waals surface area contributed by atoms with Crippen LogP contribution in [0.2, 0.25) is 0 Å². The molecule has 0 unspecified atom stereocenters. The molecule has 0 aliphatic carbocycles. The lowest BCUT2D eigenvalue weighted by Gasteiger charge is -2.07. The Labute approximate surface area is 116 Å². The largest absolute Gasteiger partial charge is 0.419 e. The fourth-order valence-corrected chi connectivity index (χ4v) is 1.15. The number of hydrogen-bond donors (Lipinski definition) is 3. The maximum Gasteiger partial charge on any atom is 0.401 e. The summed E-state index contributed by atoms with van der Waals surface area (Å²) >= 11 is 0. The summed E-state index contributed by atoms with van der Waals surface area (Å²) in [6, 6.07) is 2.96. The van der Waals surface area contributed by atoms with Gasteiger partial charge in [0.25, 0.3) is 0 Å². The van der Waals surface area contributed by atoms with E-state index in [1.165, 1.54) is 0 Å². The molecule has 1 aromatic carbocycles. The number of amides is 3. The monoisotopic (exact) mass is 295 g/mol. The van der Waals surface area contributed by atoms with E-state index in [-0.39, 0.29) is 17.1 Å². The second kappa shape index (κ2) is 6.14. The van der Waals surface area contributed by atoms with E-state index >= 15 is 0 Å². The van der Waals surface area contributed by atoms with Crippen LogP contribution in [0.1, 0.15) is 10.4 Å². The fraction of sp³-hybridized carbons (Fsp3) is 0. The summed E-state index contributed by atoms with van der Waals surface area (Å²) in [7, 11) is 0. The first-order chi connectivity index (χ1) is 9.70. The molecule has 1 rings (SSSR count). The minimum absolute atomic E-state index is 0.211. The van der Waals surface area contributed by atoms with Gasteiger partial charge in [-0.25, -0.2) is 9.59 Å². The van der Waals surface area contributed by atoms with E-state index in [0.29, 0.717) is 0 Å². The quantitative estimate of drug-likeness (QED) is 0.314.